The van der Waals surface area contributed by atoms with E-state index < -0.39 is 10.6 Å². The van der Waals surface area contributed by atoms with Gasteiger partial charge in [0.2, 0.25) is 0 Å². The van der Waals surface area contributed by atoms with Crippen LogP contribution in [0.5, 0.6) is 0 Å². The van der Waals surface area contributed by atoms with Crippen molar-refractivity contribution in [1.29, 1.82) is 0 Å². The Morgan fingerprint density at radius 2 is 1.11 bits per heavy atom. The summed E-state index contributed by atoms with van der Waals surface area (Å²) >= 11 is 0. The highest BCUT2D eigenvalue weighted by molar-refractivity contribution is 7.81. The zero-order valence-electron chi connectivity index (χ0n) is 5.43. The molecular weight excluding hydrogens is 152 g/mol. The van der Waals surface area contributed by atoms with Crippen LogP contribution in [0.4, 0.5) is 7.77 Å². The van der Waals surface area contributed by atoms with Crippen LogP contribution in [0.1, 0.15) is 0 Å². The van der Waals surface area contributed by atoms with Gasteiger partial charge in [-0.15, -0.1) is 0 Å². The molecule has 0 rings (SSSR count). The van der Waals surface area contributed by atoms with E-state index in [1.165, 1.54) is 0 Å². The number of halogens is 2. The molecule has 9 heavy (non-hydrogen) atoms. The molecular formula is C3H9F2NO2S. The molecule has 0 aromatic heterocycles. The lowest BCUT2D eigenvalue weighted by atomic mass is 11.0. The van der Waals surface area contributed by atoms with Gasteiger partial charge in [-0.2, -0.15) is 8.42 Å². The Bertz CT molecular complexity index is 131. The number of hydrogen-bond donors (Lipinski definition) is 0. The summed E-state index contributed by atoms with van der Waals surface area (Å²) in [5.41, 5.74) is 0. The summed E-state index contributed by atoms with van der Waals surface area (Å²) in [4.78, 5) is 2.00. The van der Waals surface area contributed by atoms with Gasteiger partial charge in [-0.05, 0) is 21.1 Å². The van der Waals surface area contributed by atoms with Crippen molar-refractivity contribution in [3.05, 3.63) is 0 Å². The SMILES string of the molecule is CN(C)C.O=S(=O)(F)F. The summed E-state index contributed by atoms with van der Waals surface area (Å²) in [5.74, 6) is 0. The van der Waals surface area contributed by atoms with E-state index in [-0.39, 0.29) is 0 Å². The van der Waals surface area contributed by atoms with E-state index in [0.29, 0.717) is 0 Å². The third-order valence-corrected chi connectivity index (χ3v) is 0. The van der Waals surface area contributed by atoms with Crippen LogP contribution in [-0.4, -0.2) is 34.5 Å². The minimum Gasteiger partial charge on any atom is -0.312 e. The Kier molecular flexibility index (Phi) is 5.94. The first-order chi connectivity index (χ1) is 3.73. The number of nitrogens with zero attached hydrogens (tertiary/aromatic N) is 1. The highest BCUT2D eigenvalue weighted by Gasteiger charge is 1.94. The Labute approximate surface area is 53.8 Å². The predicted molar refractivity (Wildman–Crippen MR) is 30.7 cm³/mol. The minimum absolute atomic E-state index is 2.00. The van der Waals surface area contributed by atoms with E-state index in [2.05, 4.69) is 0 Å². The molecule has 0 aromatic carbocycles. The molecule has 0 radical (unpaired) electrons. The van der Waals surface area contributed by atoms with Crippen LogP contribution in [0.25, 0.3) is 0 Å². The smallest absolute Gasteiger partial charge is 0.312 e. The Hall–Kier alpha value is -0.230. The second-order valence-electron chi connectivity index (χ2n) is 1.72. The molecule has 58 valence electrons. The molecule has 0 aromatic rings. The van der Waals surface area contributed by atoms with Gasteiger partial charge in [0, 0.05) is 0 Å². The van der Waals surface area contributed by atoms with Crippen molar-refractivity contribution >= 4 is 10.6 Å². The van der Waals surface area contributed by atoms with Crippen molar-refractivity contribution in [1.82, 2.24) is 4.90 Å². The lowest BCUT2D eigenvalue weighted by molar-refractivity contribution is 0.501. The molecule has 0 saturated heterocycles. The van der Waals surface area contributed by atoms with Crippen molar-refractivity contribution in [3.63, 3.8) is 0 Å². The zero-order valence-corrected chi connectivity index (χ0v) is 6.24. The second kappa shape index (κ2) is 4.63. The van der Waals surface area contributed by atoms with Crippen LogP contribution >= 0.6 is 0 Å². The summed E-state index contributed by atoms with van der Waals surface area (Å²) in [6.07, 6.45) is 0. The van der Waals surface area contributed by atoms with Crippen LogP contribution in [0.2, 0.25) is 0 Å². The molecule has 6 heteroatoms. The van der Waals surface area contributed by atoms with E-state index in [1.54, 1.807) is 0 Å². The fraction of sp³-hybridized carbons (Fsp3) is 1.00. The van der Waals surface area contributed by atoms with Gasteiger partial charge in [-0.3, -0.25) is 0 Å². The highest BCUT2D eigenvalue weighted by atomic mass is 32.3. The first kappa shape index (κ1) is 11.6. The van der Waals surface area contributed by atoms with Gasteiger partial charge in [0.1, 0.15) is 0 Å². The summed E-state index contributed by atoms with van der Waals surface area (Å²) in [7, 11) is 0.333. The maximum Gasteiger partial charge on any atom is 0.476 e. The first-order valence-electron chi connectivity index (χ1n) is 1.98. The van der Waals surface area contributed by atoms with Crippen LogP contribution in [0, 0.1) is 0 Å². The Morgan fingerprint density at radius 3 is 1.11 bits per heavy atom. The summed E-state index contributed by atoms with van der Waals surface area (Å²) in [6.45, 7) is 0. The summed E-state index contributed by atoms with van der Waals surface area (Å²) in [6, 6.07) is 0. The molecule has 0 unspecified atom stereocenters. The standard InChI is InChI=1S/C3H9N.F2O2S/c1-4(2)3;1-5(2,3)4/h1-3H3;. The van der Waals surface area contributed by atoms with Gasteiger partial charge in [0.15, 0.2) is 0 Å². The molecule has 3 nitrogen and oxygen atoms in total. The van der Waals surface area contributed by atoms with Crippen molar-refractivity contribution in [2.75, 3.05) is 21.1 Å². The molecule has 0 aliphatic rings. The monoisotopic (exact) mass is 161 g/mol. The van der Waals surface area contributed by atoms with Gasteiger partial charge in [-0.25, -0.2) is 0 Å². The largest absolute Gasteiger partial charge is 0.476 e. The lowest BCUT2D eigenvalue weighted by Gasteiger charge is -1.90. The maximum atomic E-state index is 9.99. The van der Waals surface area contributed by atoms with Crippen molar-refractivity contribution < 1.29 is 16.2 Å². The number of rotatable bonds is 0. The molecule has 0 fully saturated rings. The predicted octanol–water partition coefficient (Wildman–Crippen LogP) is 0.348. The fourth-order valence-corrected chi connectivity index (χ4v) is 0. The highest BCUT2D eigenvalue weighted by Crippen LogP contribution is 1.85. The average Bonchev–Trinajstić information content (AvgIpc) is 1.19. The topological polar surface area (TPSA) is 37.4 Å². The van der Waals surface area contributed by atoms with Crippen LogP contribution in [0.3, 0.4) is 0 Å². The van der Waals surface area contributed by atoms with Gasteiger partial charge >= 0.3 is 10.6 Å². The van der Waals surface area contributed by atoms with Gasteiger partial charge < -0.3 is 4.90 Å². The molecule has 0 atom stereocenters. The van der Waals surface area contributed by atoms with Gasteiger partial charge in [-0.1, -0.05) is 7.77 Å². The first-order valence-corrected chi connectivity index (χ1v) is 3.27. The second-order valence-corrected chi connectivity index (χ2v) is 2.48. The van der Waals surface area contributed by atoms with E-state index in [1.807, 2.05) is 26.0 Å². The third kappa shape index (κ3) is 4890. The van der Waals surface area contributed by atoms with Crippen molar-refractivity contribution in [2.24, 2.45) is 0 Å². The summed E-state index contributed by atoms with van der Waals surface area (Å²) < 4.78 is 36.6. The normalized spacial score (nSPS) is 10.4. The molecule has 0 spiro atoms. The lowest BCUT2D eigenvalue weighted by Crippen LogP contribution is -1.99. The molecule has 0 aliphatic heterocycles. The molecule has 0 aliphatic carbocycles. The molecule has 0 N–H and O–H groups in total. The van der Waals surface area contributed by atoms with E-state index in [9.17, 15) is 7.77 Å². The molecule has 0 amide bonds. The van der Waals surface area contributed by atoms with Crippen LogP contribution in [-0.2, 0) is 10.6 Å². The van der Waals surface area contributed by atoms with Crippen LogP contribution < -0.4 is 0 Å². The Morgan fingerprint density at radius 1 is 1.11 bits per heavy atom. The third-order valence-electron chi connectivity index (χ3n) is 0. The Balaban J connectivity index is 0. The van der Waals surface area contributed by atoms with E-state index >= 15 is 0 Å². The van der Waals surface area contributed by atoms with Crippen molar-refractivity contribution in [2.45, 2.75) is 0 Å². The zero-order chi connectivity index (χ0) is 8.08. The average molecular weight is 161 g/mol. The van der Waals surface area contributed by atoms with E-state index in [4.69, 9.17) is 8.42 Å². The quantitative estimate of drug-likeness (QED) is 0.481. The molecule has 0 heterocycles. The summed E-state index contributed by atoms with van der Waals surface area (Å²) in [5, 5.41) is 0. The maximum absolute atomic E-state index is 9.99. The van der Waals surface area contributed by atoms with Gasteiger partial charge in [0.05, 0.1) is 0 Å². The minimum atomic E-state index is -5.67. The van der Waals surface area contributed by atoms with Crippen LogP contribution in [0.15, 0.2) is 0 Å². The molecule has 0 saturated carbocycles. The van der Waals surface area contributed by atoms with E-state index in [0.717, 1.165) is 0 Å². The van der Waals surface area contributed by atoms with Gasteiger partial charge in [0.25, 0.3) is 0 Å². The number of hydrogen-bond acceptors (Lipinski definition) is 3. The van der Waals surface area contributed by atoms with Crippen molar-refractivity contribution in [3.8, 4) is 0 Å². The fourth-order valence-electron chi connectivity index (χ4n) is 0. The molecule has 0 bridgehead atoms.